The first-order chi connectivity index (χ1) is 9.74. The molecule has 102 valence electrons. The summed E-state index contributed by atoms with van der Waals surface area (Å²) < 4.78 is 6.04. The number of pyridine rings is 1. The maximum Gasteiger partial charge on any atom is 0.223 e. The van der Waals surface area contributed by atoms with Gasteiger partial charge in [0.15, 0.2) is 0 Å². The van der Waals surface area contributed by atoms with E-state index in [1.165, 1.54) is 11.1 Å². The predicted molar refractivity (Wildman–Crippen MR) is 80.4 cm³/mol. The van der Waals surface area contributed by atoms with Crippen molar-refractivity contribution in [2.24, 2.45) is 4.99 Å². The molecule has 2 aromatic rings. The molecule has 0 aliphatic carbocycles. The summed E-state index contributed by atoms with van der Waals surface area (Å²) in [6, 6.07) is 12.4. The molecular weight excluding hydrogens is 248 g/mol. The number of aromatic nitrogens is 1. The van der Waals surface area contributed by atoms with Crippen LogP contribution in [0.1, 0.15) is 30.5 Å². The Bertz CT molecular complexity index is 635. The smallest absolute Gasteiger partial charge is 0.223 e. The summed E-state index contributed by atoms with van der Waals surface area (Å²) >= 11 is 0. The van der Waals surface area contributed by atoms with Gasteiger partial charge in [-0.05, 0) is 31.0 Å². The number of nitrogens with zero attached hydrogens (tertiary/aromatic N) is 2. The fraction of sp³-hybridized carbons (Fsp3) is 0.294. The summed E-state index contributed by atoms with van der Waals surface area (Å²) in [5.74, 6) is 0.713. The maximum atomic E-state index is 6.04. The standard InChI is InChI=1S/C17H18N2O/c1-12(10-14-6-4-3-5-7-14)20-17-16-13(2)19-11-15(16)8-9-18-17/h3-9,12H,10-11H2,1-2H3. The van der Waals surface area contributed by atoms with Gasteiger partial charge in [0.2, 0.25) is 5.88 Å². The van der Waals surface area contributed by atoms with Crippen LogP contribution >= 0.6 is 0 Å². The minimum atomic E-state index is 0.0878. The van der Waals surface area contributed by atoms with Crippen LogP contribution in [0.4, 0.5) is 0 Å². The largest absolute Gasteiger partial charge is 0.474 e. The number of fused-ring (bicyclic) bond motifs is 1. The average Bonchev–Trinajstić information content (AvgIpc) is 2.83. The highest BCUT2D eigenvalue weighted by Gasteiger charge is 2.19. The van der Waals surface area contributed by atoms with E-state index in [1.54, 1.807) is 6.20 Å². The lowest BCUT2D eigenvalue weighted by molar-refractivity contribution is 0.212. The molecule has 3 nitrogen and oxygen atoms in total. The molecule has 0 saturated heterocycles. The molecular formula is C17H18N2O. The van der Waals surface area contributed by atoms with Gasteiger partial charge in [-0.3, -0.25) is 4.99 Å². The molecule has 2 heterocycles. The van der Waals surface area contributed by atoms with Crippen LogP contribution in [0.15, 0.2) is 47.6 Å². The Hall–Kier alpha value is -2.16. The third kappa shape index (κ3) is 2.57. The van der Waals surface area contributed by atoms with E-state index in [0.29, 0.717) is 5.88 Å². The molecule has 1 aromatic carbocycles. The third-order valence-electron chi connectivity index (χ3n) is 3.53. The second-order valence-electron chi connectivity index (χ2n) is 5.17. The Labute approximate surface area is 119 Å². The van der Waals surface area contributed by atoms with Crippen LogP contribution in [-0.4, -0.2) is 16.8 Å². The lowest BCUT2D eigenvalue weighted by Gasteiger charge is -2.16. The lowest BCUT2D eigenvalue weighted by Crippen LogP contribution is -2.17. The van der Waals surface area contributed by atoms with Crippen molar-refractivity contribution >= 4 is 5.71 Å². The Morgan fingerprint density at radius 1 is 1.20 bits per heavy atom. The molecule has 0 N–H and O–H groups in total. The summed E-state index contributed by atoms with van der Waals surface area (Å²) in [7, 11) is 0. The molecule has 20 heavy (non-hydrogen) atoms. The molecule has 0 radical (unpaired) electrons. The highest BCUT2D eigenvalue weighted by Crippen LogP contribution is 2.27. The van der Waals surface area contributed by atoms with E-state index in [0.717, 1.165) is 24.2 Å². The van der Waals surface area contributed by atoms with Gasteiger partial charge in [-0.1, -0.05) is 30.3 Å². The Balaban J connectivity index is 1.76. The van der Waals surface area contributed by atoms with Crippen molar-refractivity contribution in [2.75, 3.05) is 0 Å². The van der Waals surface area contributed by atoms with E-state index in [4.69, 9.17) is 4.74 Å². The zero-order valence-corrected chi connectivity index (χ0v) is 11.8. The van der Waals surface area contributed by atoms with Crippen molar-refractivity contribution in [3.05, 3.63) is 59.3 Å². The molecule has 3 rings (SSSR count). The monoisotopic (exact) mass is 266 g/mol. The van der Waals surface area contributed by atoms with Crippen molar-refractivity contribution in [3.63, 3.8) is 0 Å². The Kier molecular flexibility index (Phi) is 3.50. The first kappa shape index (κ1) is 12.9. The van der Waals surface area contributed by atoms with Crippen LogP contribution in [0, 0.1) is 0 Å². The molecule has 3 heteroatoms. The van der Waals surface area contributed by atoms with Crippen LogP contribution in [0.3, 0.4) is 0 Å². The number of rotatable bonds is 4. The van der Waals surface area contributed by atoms with E-state index in [1.807, 2.05) is 19.1 Å². The maximum absolute atomic E-state index is 6.04. The molecule has 0 fully saturated rings. The second kappa shape index (κ2) is 5.45. The molecule has 1 atom stereocenters. The van der Waals surface area contributed by atoms with E-state index >= 15 is 0 Å². The van der Waals surface area contributed by atoms with Gasteiger partial charge in [-0.2, -0.15) is 0 Å². The van der Waals surface area contributed by atoms with Crippen LogP contribution in [0.5, 0.6) is 5.88 Å². The van der Waals surface area contributed by atoms with Crippen LogP contribution in [0.25, 0.3) is 0 Å². The van der Waals surface area contributed by atoms with Gasteiger partial charge in [-0.25, -0.2) is 4.98 Å². The van der Waals surface area contributed by atoms with Gasteiger partial charge >= 0.3 is 0 Å². The van der Waals surface area contributed by atoms with Gasteiger partial charge < -0.3 is 4.74 Å². The summed E-state index contributed by atoms with van der Waals surface area (Å²) in [4.78, 5) is 8.83. The summed E-state index contributed by atoms with van der Waals surface area (Å²) in [6.45, 7) is 4.84. The van der Waals surface area contributed by atoms with Gasteiger partial charge in [0.05, 0.1) is 12.1 Å². The van der Waals surface area contributed by atoms with E-state index in [9.17, 15) is 0 Å². The quantitative estimate of drug-likeness (QED) is 0.850. The highest BCUT2D eigenvalue weighted by molar-refractivity contribution is 6.03. The fourth-order valence-corrected chi connectivity index (χ4v) is 2.55. The topological polar surface area (TPSA) is 34.5 Å². The summed E-state index contributed by atoms with van der Waals surface area (Å²) in [5, 5.41) is 0. The van der Waals surface area contributed by atoms with Gasteiger partial charge in [-0.15, -0.1) is 0 Å². The zero-order chi connectivity index (χ0) is 13.9. The molecule has 0 saturated carbocycles. The molecule has 1 aromatic heterocycles. The Morgan fingerprint density at radius 2 is 2.00 bits per heavy atom. The molecule has 0 spiro atoms. The average molecular weight is 266 g/mol. The van der Waals surface area contributed by atoms with Crippen molar-refractivity contribution in [1.82, 2.24) is 4.98 Å². The molecule has 1 unspecified atom stereocenters. The summed E-state index contributed by atoms with van der Waals surface area (Å²) in [6.07, 6.45) is 2.77. The Morgan fingerprint density at radius 3 is 2.80 bits per heavy atom. The minimum absolute atomic E-state index is 0.0878. The second-order valence-corrected chi connectivity index (χ2v) is 5.17. The van der Waals surface area contributed by atoms with Crippen LogP contribution in [0.2, 0.25) is 0 Å². The van der Waals surface area contributed by atoms with Crippen molar-refractivity contribution in [2.45, 2.75) is 32.9 Å². The first-order valence-electron chi connectivity index (χ1n) is 6.94. The van der Waals surface area contributed by atoms with Crippen LogP contribution in [-0.2, 0) is 13.0 Å². The van der Waals surface area contributed by atoms with E-state index in [2.05, 4.69) is 41.2 Å². The SMILES string of the molecule is CC1=NCc2ccnc(OC(C)Cc3ccccc3)c21. The van der Waals surface area contributed by atoms with Crippen molar-refractivity contribution in [3.8, 4) is 5.88 Å². The number of benzene rings is 1. The molecule has 0 bridgehead atoms. The highest BCUT2D eigenvalue weighted by atomic mass is 16.5. The minimum Gasteiger partial charge on any atom is -0.474 e. The molecule has 0 amide bonds. The number of aliphatic imine (C=N–C) groups is 1. The molecule has 1 aliphatic rings. The van der Waals surface area contributed by atoms with E-state index in [-0.39, 0.29) is 6.10 Å². The van der Waals surface area contributed by atoms with Gasteiger partial charge in [0.1, 0.15) is 6.10 Å². The number of hydrogen-bond donors (Lipinski definition) is 0. The van der Waals surface area contributed by atoms with Gasteiger partial charge in [0, 0.05) is 18.3 Å². The third-order valence-corrected chi connectivity index (χ3v) is 3.53. The van der Waals surface area contributed by atoms with Crippen LogP contribution < -0.4 is 4.74 Å². The number of hydrogen-bond acceptors (Lipinski definition) is 3. The summed E-state index contributed by atoms with van der Waals surface area (Å²) in [5.41, 5.74) is 4.58. The van der Waals surface area contributed by atoms with E-state index < -0.39 is 0 Å². The van der Waals surface area contributed by atoms with Crippen molar-refractivity contribution in [1.29, 1.82) is 0 Å². The fourth-order valence-electron chi connectivity index (χ4n) is 2.55. The first-order valence-corrected chi connectivity index (χ1v) is 6.94. The predicted octanol–water partition coefficient (Wildman–Crippen LogP) is 3.41. The van der Waals surface area contributed by atoms with Crippen molar-refractivity contribution < 1.29 is 4.74 Å². The zero-order valence-electron chi connectivity index (χ0n) is 11.8. The number of ether oxygens (including phenoxy) is 1. The normalized spacial score (nSPS) is 14.6. The lowest BCUT2D eigenvalue weighted by atomic mass is 10.1. The van der Waals surface area contributed by atoms with Gasteiger partial charge in [0.25, 0.3) is 0 Å². The molecule has 1 aliphatic heterocycles.